The Morgan fingerprint density at radius 3 is 2.74 bits per heavy atom. The van der Waals surface area contributed by atoms with Crippen LogP contribution in [0.1, 0.15) is 34.4 Å². The maximum absolute atomic E-state index is 12.7. The molecule has 0 unspecified atom stereocenters. The Hall–Kier alpha value is -3.48. The highest BCUT2D eigenvalue weighted by atomic mass is 16.5. The molecule has 0 atom stereocenters. The van der Waals surface area contributed by atoms with Crippen LogP contribution in [0.4, 0.5) is 5.69 Å². The molecule has 2 heterocycles. The number of carbonyl (C=O) groups excluding carboxylic acids is 2. The number of anilines is 1. The van der Waals surface area contributed by atoms with Gasteiger partial charge in [-0.1, -0.05) is 0 Å². The number of methoxy groups -OCH3 is 1. The van der Waals surface area contributed by atoms with Crippen molar-refractivity contribution in [1.82, 2.24) is 14.4 Å². The Labute approximate surface area is 156 Å². The van der Waals surface area contributed by atoms with Gasteiger partial charge in [0.25, 0.3) is 5.91 Å². The third kappa shape index (κ3) is 3.57. The SMILES string of the molecule is COc1cc(NC(=O)c2ncn3c(C)cc(C)nc23)ccc1/C(C)=C\C=O. The number of allylic oxidation sites excluding steroid dienone is 2. The zero-order valence-electron chi connectivity index (χ0n) is 15.6. The van der Waals surface area contributed by atoms with E-state index in [0.717, 1.165) is 28.8 Å². The van der Waals surface area contributed by atoms with Crippen LogP contribution < -0.4 is 10.1 Å². The van der Waals surface area contributed by atoms with Crippen LogP contribution in [-0.4, -0.2) is 33.7 Å². The molecule has 1 aromatic carbocycles. The molecule has 0 saturated carbocycles. The molecule has 0 saturated heterocycles. The molecule has 0 aliphatic heterocycles. The summed E-state index contributed by atoms with van der Waals surface area (Å²) in [7, 11) is 1.54. The van der Waals surface area contributed by atoms with Gasteiger partial charge in [0.05, 0.1) is 7.11 Å². The molecule has 0 fully saturated rings. The van der Waals surface area contributed by atoms with Crippen molar-refractivity contribution in [2.45, 2.75) is 20.8 Å². The van der Waals surface area contributed by atoms with E-state index in [0.29, 0.717) is 17.1 Å². The molecule has 1 amide bonds. The fraction of sp³-hybridized carbons (Fsp3) is 0.200. The van der Waals surface area contributed by atoms with E-state index in [1.807, 2.05) is 26.8 Å². The van der Waals surface area contributed by atoms with Gasteiger partial charge < -0.3 is 10.1 Å². The van der Waals surface area contributed by atoms with Crippen molar-refractivity contribution in [3.05, 3.63) is 59.3 Å². The van der Waals surface area contributed by atoms with Crippen molar-refractivity contribution in [2.24, 2.45) is 0 Å². The smallest absolute Gasteiger partial charge is 0.278 e. The second-order valence-electron chi connectivity index (χ2n) is 6.18. The zero-order valence-corrected chi connectivity index (χ0v) is 15.6. The highest BCUT2D eigenvalue weighted by molar-refractivity contribution is 6.07. The molecule has 0 aliphatic carbocycles. The lowest BCUT2D eigenvalue weighted by Gasteiger charge is -2.11. The summed E-state index contributed by atoms with van der Waals surface area (Å²) in [5.41, 5.74) is 4.65. The lowest BCUT2D eigenvalue weighted by molar-refractivity contribution is -0.104. The van der Waals surface area contributed by atoms with Crippen molar-refractivity contribution in [1.29, 1.82) is 0 Å². The monoisotopic (exact) mass is 364 g/mol. The standard InChI is InChI=1S/C20H20N4O3/c1-12(7-8-25)16-6-5-15(10-17(16)27-4)23-20(26)18-19-22-13(2)9-14(3)24(19)11-21-18/h5-11H,1-4H3,(H,23,26)/b12-7-. The Bertz CT molecular complexity index is 1070. The van der Waals surface area contributed by atoms with Crippen LogP contribution in [-0.2, 0) is 4.79 Å². The van der Waals surface area contributed by atoms with E-state index in [4.69, 9.17) is 4.74 Å². The topological polar surface area (TPSA) is 85.6 Å². The number of amides is 1. The first-order valence-electron chi connectivity index (χ1n) is 8.37. The summed E-state index contributed by atoms with van der Waals surface area (Å²) in [4.78, 5) is 32.0. The third-order valence-electron chi connectivity index (χ3n) is 4.24. The average Bonchev–Trinajstić information content (AvgIpc) is 3.06. The number of benzene rings is 1. The molecule has 27 heavy (non-hydrogen) atoms. The van der Waals surface area contributed by atoms with Crippen LogP contribution in [0.3, 0.4) is 0 Å². The zero-order chi connectivity index (χ0) is 19.6. The summed E-state index contributed by atoms with van der Waals surface area (Å²) >= 11 is 0. The van der Waals surface area contributed by atoms with Gasteiger partial charge in [0, 0.05) is 28.7 Å². The van der Waals surface area contributed by atoms with Crippen molar-refractivity contribution in [3.8, 4) is 5.75 Å². The first-order valence-corrected chi connectivity index (χ1v) is 8.37. The number of nitrogens with zero attached hydrogens (tertiary/aromatic N) is 3. The Balaban J connectivity index is 1.93. The van der Waals surface area contributed by atoms with Gasteiger partial charge in [-0.25, -0.2) is 9.97 Å². The molecule has 1 N–H and O–H groups in total. The maximum Gasteiger partial charge on any atom is 0.278 e. The Morgan fingerprint density at radius 1 is 1.26 bits per heavy atom. The van der Waals surface area contributed by atoms with Crippen LogP contribution in [0.15, 0.2) is 36.7 Å². The molecule has 0 radical (unpaired) electrons. The van der Waals surface area contributed by atoms with E-state index >= 15 is 0 Å². The number of hydrogen-bond donors (Lipinski definition) is 1. The second-order valence-corrected chi connectivity index (χ2v) is 6.18. The molecular formula is C20H20N4O3. The molecule has 3 rings (SSSR count). The van der Waals surface area contributed by atoms with Gasteiger partial charge >= 0.3 is 0 Å². The molecule has 138 valence electrons. The fourth-order valence-electron chi connectivity index (χ4n) is 2.92. The number of fused-ring (bicyclic) bond motifs is 1. The summed E-state index contributed by atoms with van der Waals surface area (Å²) in [5, 5.41) is 2.82. The second kappa shape index (κ2) is 7.41. The molecule has 0 spiro atoms. The molecular weight excluding hydrogens is 344 g/mol. The number of aldehydes is 1. The molecule has 0 aliphatic rings. The quantitative estimate of drug-likeness (QED) is 0.555. The molecule has 3 aromatic rings. The number of nitrogens with one attached hydrogen (secondary N) is 1. The molecule has 0 bridgehead atoms. The summed E-state index contributed by atoms with van der Waals surface area (Å²) in [5.74, 6) is 0.202. The predicted octanol–water partition coefficient (Wildman–Crippen LogP) is 3.21. The minimum Gasteiger partial charge on any atom is -0.496 e. The summed E-state index contributed by atoms with van der Waals surface area (Å²) in [6.45, 7) is 5.63. The van der Waals surface area contributed by atoms with Gasteiger partial charge in [0.1, 0.15) is 18.4 Å². The summed E-state index contributed by atoms with van der Waals surface area (Å²) in [6.07, 6.45) is 3.78. The predicted molar refractivity (Wildman–Crippen MR) is 103 cm³/mol. The van der Waals surface area contributed by atoms with Gasteiger partial charge in [-0.3, -0.25) is 14.0 Å². The Morgan fingerprint density at radius 2 is 2.04 bits per heavy atom. The third-order valence-corrected chi connectivity index (χ3v) is 4.24. The van der Waals surface area contributed by atoms with E-state index in [9.17, 15) is 9.59 Å². The number of carbonyl (C=O) groups is 2. The van der Waals surface area contributed by atoms with Crippen molar-refractivity contribution in [3.63, 3.8) is 0 Å². The van der Waals surface area contributed by atoms with Crippen molar-refractivity contribution >= 4 is 29.1 Å². The number of rotatable bonds is 5. The summed E-state index contributed by atoms with van der Waals surface area (Å²) < 4.78 is 7.16. The van der Waals surface area contributed by atoms with Crippen LogP contribution in [0.5, 0.6) is 5.75 Å². The molecule has 7 heteroatoms. The first-order chi connectivity index (χ1) is 12.9. The number of imidazole rings is 1. The largest absolute Gasteiger partial charge is 0.496 e. The van der Waals surface area contributed by atoms with Crippen molar-refractivity contribution < 1.29 is 14.3 Å². The maximum atomic E-state index is 12.7. The van der Waals surface area contributed by atoms with E-state index in [1.54, 1.807) is 28.9 Å². The fourth-order valence-corrected chi connectivity index (χ4v) is 2.92. The van der Waals surface area contributed by atoms with Gasteiger partial charge in [-0.2, -0.15) is 0 Å². The van der Waals surface area contributed by atoms with E-state index < -0.39 is 0 Å². The normalized spacial score (nSPS) is 11.5. The van der Waals surface area contributed by atoms with E-state index in [-0.39, 0.29) is 11.6 Å². The number of aryl methyl sites for hydroxylation is 2. The first kappa shape index (κ1) is 18.3. The minimum absolute atomic E-state index is 0.252. The lowest BCUT2D eigenvalue weighted by Crippen LogP contribution is -2.13. The van der Waals surface area contributed by atoms with Crippen LogP contribution in [0.2, 0.25) is 0 Å². The Kier molecular flexibility index (Phi) is 5.03. The molecule has 7 nitrogen and oxygen atoms in total. The van der Waals surface area contributed by atoms with Crippen molar-refractivity contribution in [2.75, 3.05) is 12.4 Å². The van der Waals surface area contributed by atoms with Gasteiger partial charge in [-0.05, 0) is 50.6 Å². The molecule has 2 aromatic heterocycles. The van der Waals surface area contributed by atoms with Crippen LogP contribution in [0, 0.1) is 13.8 Å². The average molecular weight is 364 g/mol. The number of aromatic nitrogens is 3. The highest BCUT2D eigenvalue weighted by Gasteiger charge is 2.17. The number of ether oxygens (including phenoxy) is 1. The number of hydrogen-bond acceptors (Lipinski definition) is 5. The van der Waals surface area contributed by atoms with Crippen LogP contribution in [0.25, 0.3) is 11.2 Å². The van der Waals surface area contributed by atoms with Gasteiger partial charge in [-0.15, -0.1) is 0 Å². The minimum atomic E-state index is -0.357. The summed E-state index contributed by atoms with van der Waals surface area (Å²) in [6, 6.07) is 7.18. The highest BCUT2D eigenvalue weighted by Crippen LogP contribution is 2.29. The van der Waals surface area contributed by atoms with Gasteiger partial charge in [0.2, 0.25) is 0 Å². The van der Waals surface area contributed by atoms with Gasteiger partial charge in [0.15, 0.2) is 11.3 Å². The van der Waals surface area contributed by atoms with E-state index in [2.05, 4.69) is 15.3 Å². The van der Waals surface area contributed by atoms with Crippen LogP contribution >= 0.6 is 0 Å². The lowest BCUT2D eigenvalue weighted by atomic mass is 10.1. The van der Waals surface area contributed by atoms with E-state index in [1.165, 1.54) is 13.2 Å².